The van der Waals surface area contributed by atoms with Crippen LogP contribution < -0.4 is 10.1 Å². The number of thiazole rings is 1. The zero-order valence-corrected chi connectivity index (χ0v) is 15.0. The summed E-state index contributed by atoms with van der Waals surface area (Å²) in [5.74, 6) is 0.459. The molecule has 9 heteroatoms. The molecule has 4 rings (SSSR count). The number of carbonyl (C=O) groups is 1. The van der Waals surface area contributed by atoms with E-state index in [9.17, 15) is 9.18 Å². The summed E-state index contributed by atoms with van der Waals surface area (Å²) in [6.07, 6.45) is 3.68. The van der Waals surface area contributed by atoms with Crippen LogP contribution in [0.1, 0.15) is 21.6 Å². The standard InChI is InChI=1S/C18H15FN4O3S/c19-13-6-11(15-12(7-13)8-25-10-26-15)2-5-22-17(24)14-9-27-18(23-14)16-20-3-1-4-21-16/h1,3-4,6-7,9H,2,5,8,10H2,(H,22,24). The summed E-state index contributed by atoms with van der Waals surface area (Å²) < 4.78 is 24.4. The lowest BCUT2D eigenvalue weighted by Crippen LogP contribution is -2.26. The fraction of sp³-hybridized carbons (Fsp3) is 0.222. The van der Waals surface area contributed by atoms with Crippen molar-refractivity contribution in [1.29, 1.82) is 0 Å². The molecule has 3 aromatic rings. The molecular formula is C18H15FN4O3S. The number of amides is 1. The van der Waals surface area contributed by atoms with E-state index in [0.29, 0.717) is 53.0 Å². The average Bonchev–Trinajstić information content (AvgIpc) is 3.19. The van der Waals surface area contributed by atoms with Gasteiger partial charge < -0.3 is 14.8 Å². The highest BCUT2D eigenvalue weighted by molar-refractivity contribution is 7.13. The number of benzene rings is 1. The van der Waals surface area contributed by atoms with Gasteiger partial charge in [-0.05, 0) is 30.2 Å². The Kier molecular flexibility index (Phi) is 5.03. The van der Waals surface area contributed by atoms with E-state index < -0.39 is 0 Å². The Morgan fingerprint density at radius 1 is 1.30 bits per heavy atom. The molecule has 3 heterocycles. The predicted molar refractivity (Wildman–Crippen MR) is 95.9 cm³/mol. The van der Waals surface area contributed by atoms with E-state index in [4.69, 9.17) is 9.47 Å². The maximum Gasteiger partial charge on any atom is 0.270 e. The van der Waals surface area contributed by atoms with Crippen LogP contribution in [0.4, 0.5) is 4.39 Å². The van der Waals surface area contributed by atoms with Crippen molar-refractivity contribution in [2.75, 3.05) is 13.3 Å². The Morgan fingerprint density at radius 2 is 2.15 bits per heavy atom. The molecule has 27 heavy (non-hydrogen) atoms. The molecule has 1 aromatic carbocycles. The van der Waals surface area contributed by atoms with Crippen molar-refractivity contribution in [2.45, 2.75) is 13.0 Å². The third-order valence-electron chi connectivity index (χ3n) is 3.93. The number of halogens is 1. The smallest absolute Gasteiger partial charge is 0.270 e. The van der Waals surface area contributed by atoms with Crippen molar-refractivity contribution in [3.05, 3.63) is 58.6 Å². The third kappa shape index (κ3) is 3.93. The molecule has 7 nitrogen and oxygen atoms in total. The van der Waals surface area contributed by atoms with Gasteiger partial charge in [0, 0.05) is 29.9 Å². The third-order valence-corrected chi connectivity index (χ3v) is 4.76. The molecule has 1 N–H and O–H groups in total. The fourth-order valence-electron chi connectivity index (χ4n) is 2.73. The van der Waals surface area contributed by atoms with Crippen molar-refractivity contribution >= 4 is 17.2 Å². The van der Waals surface area contributed by atoms with Gasteiger partial charge in [-0.2, -0.15) is 0 Å². The van der Waals surface area contributed by atoms with Crippen molar-refractivity contribution in [1.82, 2.24) is 20.3 Å². The number of nitrogens with zero attached hydrogens (tertiary/aromatic N) is 3. The molecule has 2 aromatic heterocycles. The van der Waals surface area contributed by atoms with Crippen molar-refractivity contribution in [3.63, 3.8) is 0 Å². The molecule has 0 aliphatic carbocycles. The monoisotopic (exact) mass is 386 g/mol. The minimum atomic E-state index is -0.351. The molecule has 0 spiro atoms. The van der Waals surface area contributed by atoms with Crippen LogP contribution in [0.5, 0.6) is 5.75 Å². The van der Waals surface area contributed by atoms with Gasteiger partial charge in [0.15, 0.2) is 17.6 Å². The molecule has 1 amide bonds. The summed E-state index contributed by atoms with van der Waals surface area (Å²) in [5.41, 5.74) is 1.67. The molecule has 0 radical (unpaired) electrons. The zero-order chi connectivity index (χ0) is 18.6. The topological polar surface area (TPSA) is 86.2 Å². The van der Waals surface area contributed by atoms with Gasteiger partial charge in [0.1, 0.15) is 17.3 Å². The van der Waals surface area contributed by atoms with Gasteiger partial charge in [-0.1, -0.05) is 0 Å². The summed E-state index contributed by atoms with van der Waals surface area (Å²) in [6.45, 7) is 0.782. The number of ether oxygens (including phenoxy) is 2. The molecule has 0 saturated carbocycles. The van der Waals surface area contributed by atoms with Gasteiger partial charge in [-0.3, -0.25) is 4.79 Å². The number of nitrogens with one attached hydrogen (secondary N) is 1. The lowest BCUT2D eigenvalue weighted by Gasteiger charge is -2.20. The Morgan fingerprint density at radius 3 is 3.00 bits per heavy atom. The highest BCUT2D eigenvalue weighted by Crippen LogP contribution is 2.29. The van der Waals surface area contributed by atoms with Crippen LogP contribution in [0.2, 0.25) is 0 Å². The SMILES string of the molecule is O=C(NCCc1cc(F)cc2c1OCOC2)c1csc(-c2ncccn2)n1. The van der Waals surface area contributed by atoms with Gasteiger partial charge in [0.05, 0.1) is 6.61 Å². The molecular weight excluding hydrogens is 371 g/mol. The first-order valence-corrected chi connectivity index (χ1v) is 9.11. The normalized spacial score (nSPS) is 12.9. The first-order valence-electron chi connectivity index (χ1n) is 8.23. The summed E-state index contributed by atoms with van der Waals surface area (Å²) in [6, 6.07) is 4.54. The van der Waals surface area contributed by atoms with Crippen molar-refractivity contribution < 1.29 is 18.7 Å². The Bertz CT molecular complexity index is 964. The highest BCUT2D eigenvalue weighted by atomic mass is 32.1. The second-order valence-corrected chi connectivity index (χ2v) is 6.64. The summed E-state index contributed by atoms with van der Waals surface area (Å²) in [7, 11) is 0. The molecule has 0 atom stereocenters. The Balaban J connectivity index is 1.39. The second kappa shape index (κ2) is 7.77. The van der Waals surface area contributed by atoms with E-state index in [0.717, 1.165) is 0 Å². The van der Waals surface area contributed by atoms with Crippen LogP contribution in [-0.4, -0.2) is 34.2 Å². The molecule has 1 aliphatic rings. The summed E-state index contributed by atoms with van der Waals surface area (Å²) in [4.78, 5) is 24.8. The fourth-order valence-corrected chi connectivity index (χ4v) is 3.48. The summed E-state index contributed by atoms with van der Waals surface area (Å²) in [5, 5.41) is 5.03. The zero-order valence-electron chi connectivity index (χ0n) is 14.1. The van der Waals surface area contributed by atoms with Crippen LogP contribution >= 0.6 is 11.3 Å². The maximum absolute atomic E-state index is 13.8. The van der Waals surface area contributed by atoms with Crippen LogP contribution in [0.3, 0.4) is 0 Å². The van der Waals surface area contributed by atoms with Crippen molar-refractivity contribution in [2.24, 2.45) is 0 Å². The van der Waals surface area contributed by atoms with Gasteiger partial charge in [0.2, 0.25) is 0 Å². The quantitative estimate of drug-likeness (QED) is 0.725. The van der Waals surface area contributed by atoms with E-state index in [-0.39, 0.29) is 18.5 Å². The number of aromatic nitrogens is 3. The van der Waals surface area contributed by atoms with E-state index in [2.05, 4.69) is 20.3 Å². The molecule has 0 saturated heterocycles. The number of hydrogen-bond acceptors (Lipinski definition) is 7. The van der Waals surface area contributed by atoms with Crippen molar-refractivity contribution in [3.8, 4) is 16.6 Å². The van der Waals surface area contributed by atoms with E-state index in [1.54, 1.807) is 23.8 Å². The van der Waals surface area contributed by atoms with Gasteiger partial charge in [-0.15, -0.1) is 11.3 Å². The minimum absolute atomic E-state index is 0.140. The lowest BCUT2D eigenvalue weighted by molar-refractivity contribution is -0.0172. The first kappa shape index (κ1) is 17.5. The predicted octanol–water partition coefficient (Wildman–Crippen LogP) is 2.58. The molecule has 138 valence electrons. The average molecular weight is 386 g/mol. The number of fused-ring (bicyclic) bond motifs is 1. The van der Waals surface area contributed by atoms with Crippen LogP contribution in [0.25, 0.3) is 10.8 Å². The van der Waals surface area contributed by atoms with E-state index >= 15 is 0 Å². The molecule has 1 aliphatic heterocycles. The summed E-state index contributed by atoms with van der Waals surface area (Å²) >= 11 is 1.30. The van der Waals surface area contributed by atoms with Crippen LogP contribution in [-0.2, 0) is 17.8 Å². The van der Waals surface area contributed by atoms with Crippen LogP contribution in [0, 0.1) is 5.82 Å². The number of hydrogen-bond donors (Lipinski definition) is 1. The second-order valence-electron chi connectivity index (χ2n) is 5.78. The molecule has 0 fully saturated rings. The van der Waals surface area contributed by atoms with Gasteiger partial charge >= 0.3 is 0 Å². The van der Waals surface area contributed by atoms with E-state index in [1.807, 2.05) is 0 Å². The Hall–Kier alpha value is -2.91. The van der Waals surface area contributed by atoms with Crippen LogP contribution in [0.15, 0.2) is 36.0 Å². The maximum atomic E-state index is 13.8. The minimum Gasteiger partial charge on any atom is -0.467 e. The first-order chi connectivity index (χ1) is 13.2. The highest BCUT2D eigenvalue weighted by Gasteiger charge is 2.18. The number of rotatable bonds is 5. The number of carbonyl (C=O) groups excluding carboxylic acids is 1. The Labute approximate surface area is 158 Å². The lowest BCUT2D eigenvalue weighted by atomic mass is 10.1. The van der Waals surface area contributed by atoms with E-state index in [1.165, 1.54) is 23.5 Å². The van der Waals surface area contributed by atoms with Gasteiger partial charge in [-0.25, -0.2) is 19.3 Å². The largest absolute Gasteiger partial charge is 0.467 e. The van der Waals surface area contributed by atoms with Gasteiger partial charge in [0.25, 0.3) is 5.91 Å². The molecule has 0 bridgehead atoms. The molecule has 0 unspecified atom stereocenters.